The number of benzene rings is 1. The zero-order valence-electron chi connectivity index (χ0n) is 9.35. The van der Waals surface area contributed by atoms with Gasteiger partial charge in [-0.25, -0.2) is 0 Å². The largest absolute Gasteiger partial charge is 0.481 e. The SMILES string of the molecule is CC(=O)O.NC(=O)CCCc1ccccc1. The molecule has 0 aliphatic rings. The molecule has 0 fully saturated rings. The number of rotatable bonds is 4. The number of hydrogen-bond acceptors (Lipinski definition) is 2. The molecule has 0 saturated carbocycles. The number of amides is 1. The molecule has 0 heterocycles. The summed E-state index contributed by atoms with van der Waals surface area (Å²) < 4.78 is 0. The maximum absolute atomic E-state index is 10.4. The Balaban J connectivity index is 0.000000487. The van der Waals surface area contributed by atoms with Gasteiger partial charge in [0.2, 0.25) is 5.91 Å². The molecule has 0 saturated heterocycles. The van der Waals surface area contributed by atoms with Gasteiger partial charge in [0.15, 0.2) is 0 Å². The molecule has 0 spiro atoms. The second-order valence-electron chi connectivity index (χ2n) is 3.32. The summed E-state index contributed by atoms with van der Waals surface area (Å²) in [5.41, 5.74) is 6.28. The van der Waals surface area contributed by atoms with Gasteiger partial charge in [0.05, 0.1) is 0 Å². The lowest BCUT2D eigenvalue weighted by atomic mass is 10.1. The van der Waals surface area contributed by atoms with E-state index in [9.17, 15) is 4.79 Å². The Kier molecular flexibility index (Phi) is 7.49. The number of hydrogen-bond donors (Lipinski definition) is 2. The topological polar surface area (TPSA) is 80.4 Å². The minimum atomic E-state index is -0.833. The summed E-state index contributed by atoms with van der Waals surface area (Å²) in [4.78, 5) is 19.4. The molecule has 3 N–H and O–H groups in total. The Bertz CT molecular complexity index is 318. The molecule has 88 valence electrons. The molecular formula is C12H17NO3. The van der Waals surface area contributed by atoms with Crippen molar-refractivity contribution >= 4 is 11.9 Å². The van der Waals surface area contributed by atoms with Gasteiger partial charge in [-0.2, -0.15) is 0 Å². The van der Waals surface area contributed by atoms with E-state index in [4.69, 9.17) is 15.6 Å². The molecule has 1 rings (SSSR count). The van der Waals surface area contributed by atoms with E-state index in [1.165, 1.54) is 5.56 Å². The van der Waals surface area contributed by atoms with Crippen molar-refractivity contribution in [3.63, 3.8) is 0 Å². The molecule has 1 aromatic carbocycles. The van der Waals surface area contributed by atoms with Crippen LogP contribution in [0.3, 0.4) is 0 Å². The lowest BCUT2D eigenvalue weighted by Gasteiger charge is -1.97. The first-order valence-electron chi connectivity index (χ1n) is 5.04. The van der Waals surface area contributed by atoms with Gasteiger partial charge < -0.3 is 10.8 Å². The van der Waals surface area contributed by atoms with Crippen molar-refractivity contribution in [1.29, 1.82) is 0 Å². The minimum absolute atomic E-state index is 0.217. The summed E-state index contributed by atoms with van der Waals surface area (Å²) in [6, 6.07) is 10.1. The van der Waals surface area contributed by atoms with Crippen LogP contribution in [0.4, 0.5) is 0 Å². The quantitative estimate of drug-likeness (QED) is 0.813. The predicted octanol–water partition coefficient (Wildman–Crippen LogP) is 1.59. The van der Waals surface area contributed by atoms with E-state index in [1.54, 1.807) is 0 Å². The number of aliphatic carboxylic acids is 1. The molecule has 1 amide bonds. The molecule has 0 aromatic heterocycles. The van der Waals surface area contributed by atoms with E-state index in [1.807, 2.05) is 18.2 Å². The number of nitrogens with two attached hydrogens (primary N) is 1. The number of carboxylic acids is 1. The molecule has 0 aliphatic carbocycles. The summed E-state index contributed by atoms with van der Waals surface area (Å²) in [6.07, 6.45) is 2.26. The highest BCUT2D eigenvalue weighted by Crippen LogP contribution is 2.03. The van der Waals surface area contributed by atoms with Gasteiger partial charge >= 0.3 is 0 Å². The van der Waals surface area contributed by atoms with E-state index in [0.717, 1.165) is 19.8 Å². The second-order valence-corrected chi connectivity index (χ2v) is 3.32. The van der Waals surface area contributed by atoms with Crippen LogP contribution < -0.4 is 5.73 Å². The van der Waals surface area contributed by atoms with Crippen LogP contribution in [0.1, 0.15) is 25.3 Å². The van der Waals surface area contributed by atoms with Crippen LogP contribution in [0.5, 0.6) is 0 Å². The molecule has 0 atom stereocenters. The lowest BCUT2D eigenvalue weighted by Crippen LogP contribution is -2.10. The van der Waals surface area contributed by atoms with Gasteiger partial charge in [0.25, 0.3) is 5.97 Å². The average molecular weight is 223 g/mol. The Morgan fingerprint density at radius 1 is 1.25 bits per heavy atom. The molecule has 16 heavy (non-hydrogen) atoms. The van der Waals surface area contributed by atoms with Gasteiger partial charge in [0.1, 0.15) is 0 Å². The van der Waals surface area contributed by atoms with Gasteiger partial charge in [-0.05, 0) is 18.4 Å². The van der Waals surface area contributed by atoms with Crippen molar-refractivity contribution < 1.29 is 14.7 Å². The summed E-state index contributed by atoms with van der Waals surface area (Å²) in [5.74, 6) is -1.05. The van der Waals surface area contributed by atoms with Crippen molar-refractivity contribution in [2.24, 2.45) is 5.73 Å². The molecular weight excluding hydrogens is 206 g/mol. The Labute approximate surface area is 95.1 Å². The summed E-state index contributed by atoms with van der Waals surface area (Å²) >= 11 is 0. The summed E-state index contributed by atoms with van der Waals surface area (Å²) in [5, 5.41) is 7.42. The molecule has 0 radical (unpaired) electrons. The van der Waals surface area contributed by atoms with E-state index >= 15 is 0 Å². The average Bonchev–Trinajstić information content (AvgIpc) is 2.18. The third-order valence-corrected chi connectivity index (χ3v) is 1.73. The minimum Gasteiger partial charge on any atom is -0.481 e. The van der Waals surface area contributed by atoms with E-state index < -0.39 is 5.97 Å². The van der Waals surface area contributed by atoms with Gasteiger partial charge in [0, 0.05) is 13.3 Å². The second kappa shape index (κ2) is 8.47. The first kappa shape index (κ1) is 14.2. The smallest absolute Gasteiger partial charge is 0.300 e. The maximum Gasteiger partial charge on any atom is 0.300 e. The van der Waals surface area contributed by atoms with Crippen molar-refractivity contribution in [3.8, 4) is 0 Å². The standard InChI is InChI=1S/C10H13NO.C2H4O2/c11-10(12)8-4-7-9-5-2-1-3-6-9;1-2(3)4/h1-3,5-6H,4,7-8H2,(H2,11,12);1H3,(H,3,4). The van der Waals surface area contributed by atoms with Crippen LogP contribution in [0.25, 0.3) is 0 Å². The number of carboxylic acid groups (broad SMARTS) is 1. The van der Waals surface area contributed by atoms with Crippen LogP contribution in [-0.4, -0.2) is 17.0 Å². The fourth-order valence-electron chi connectivity index (χ4n) is 1.11. The van der Waals surface area contributed by atoms with Crippen molar-refractivity contribution in [3.05, 3.63) is 35.9 Å². The van der Waals surface area contributed by atoms with Gasteiger partial charge in [-0.1, -0.05) is 30.3 Å². The number of carbonyl (C=O) groups is 2. The van der Waals surface area contributed by atoms with Crippen LogP contribution in [0.15, 0.2) is 30.3 Å². The van der Waals surface area contributed by atoms with Crippen LogP contribution in [0.2, 0.25) is 0 Å². The summed E-state index contributed by atoms with van der Waals surface area (Å²) in [7, 11) is 0. The molecule has 0 unspecified atom stereocenters. The Hall–Kier alpha value is -1.84. The fraction of sp³-hybridized carbons (Fsp3) is 0.333. The highest BCUT2D eigenvalue weighted by atomic mass is 16.4. The maximum atomic E-state index is 10.4. The molecule has 1 aromatic rings. The third-order valence-electron chi connectivity index (χ3n) is 1.73. The molecule has 4 nitrogen and oxygen atoms in total. The number of carbonyl (C=O) groups excluding carboxylic acids is 1. The van der Waals surface area contributed by atoms with E-state index in [0.29, 0.717) is 6.42 Å². The highest BCUT2D eigenvalue weighted by Gasteiger charge is 1.95. The monoisotopic (exact) mass is 223 g/mol. The van der Waals surface area contributed by atoms with E-state index in [2.05, 4.69) is 12.1 Å². The first-order valence-corrected chi connectivity index (χ1v) is 5.04. The number of primary amides is 1. The molecule has 0 bridgehead atoms. The Morgan fingerprint density at radius 2 is 1.75 bits per heavy atom. The lowest BCUT2D eigenvalue weighted by molar-refractivity contribution is -0.134. The number of aryl methyl sites for hydroxylation is 1. The zero-order valence-corrected chi connectivity index (χ0v) is 9.35. The van der Waals surface area contributed by atoms with Crippen LogP contribution >= 0.6 is 0 Å². The zero-order chi connectivity index (χ0) is 12.4. The van der Waals surface area contributed by atoms with Crippen molar-refractivity contribution in [2.75, 3.05) is 0 Å². The van der Waals surface area contributed by atoms with Crippen LogP contribution in [0, 0.1) is 0 Å². The Morgan fingerprint density at radius 3 is 2.19 bits per heavy atom. The molecule has 0 aliphatic heterocycles. The fourth-order valence-corrected chi connectivity index (χ4v) is 1.11. The van der Waals surface area contributed by atoms with E-state index in [-0.39, 0.29) is 5.91 Å². The van der Waals surface area contributed by atoms with Gasteiger partial charge in [-0.15, -0.1) is 0 Å². The third kappa shape index (κ3) is 10.2. The first-order chi connectivity index (χ1) is 7.52. The highest BCUT2D eigenvalue weighted by molar-refractivity contribution is 5.73. The predicted molar refractivity (Wildman–Crippen MR) is 61.9 cm³/mol. The molecule has 4 heteroatoms. The van der Waals surface area contributed by atoms with Gasteiger partial charge in [-0.3, -0.25) is 9.59 Å². The van der Waals surface area contributed by atoms with Crippen LogP contribution in [-0.2, 0) is 16.0 Å². The normalized spacial score (nSPS) is 8.81. The summed E-state index contributed by atoms with van der Waals surface area (Å²) in [6.45, 7) is 1.08. The van der Waals surface area contributed by atoms with Crippen molar-refractivity contribution in [1.82, 2.24) is 0 Å². The van der Waals surface area contributed by atoms with Crippen molar-refractivity contribution in [2.45, 2.75) is 26.2 Å².